The molecule has 1 heterocycles. The van der Waals surface area contributed by atoms with Crippen molar-refractivity contribution in [2.24, 2.45) is 5.41 Å². The molecule has 0 radical (unpaired) electrons. The first-order chi connectivity index (χ1) is 6.85. The van der Waals surface area contributed by atoms with Crippen molar-refractivity contribution < 1.29 is 4.92 Å². The fourth-order valence-corrected chi connectivity index (χ4v) is 1.41. The Kier molecular flexibility index (Phi) is 3.72. The van der Waals surface area contributed by atoms with Gasteiger partial charge in [0.2, 0.25) is 0 Å². The predicted molar refractivity (Wildman–Crippen MR) is 62.0 cm³/mol. The fraction of sp³-hybridized carbons (Fsp3) is 0.714. The highest BCUT2D eigenvalue weighted by atomic mass is 79.9. The maximum atomic E-state index is 10.4. The summed E-state index contributed by atoms with van der Waals surface area (Å²) in [5, 5.41) is 14.2. The Morgan fingerprint density at radius 1 is 1.67 bits per heavy atom. The van der Waals surface area contributed by atoms with Gasteiger partial charge in [0.25, 0.3) is 4.73 Å². The van der Waals surface area contributed by atoms with Crippen LogP contribution in [-0.2, 0) is 6.54 Å². The molecule has 0 aliphatic carbocycles. The summed E-state index contributed by atoms with van der Waals surface area (Å²) in [6, 6.07) is 0. The summed E-state index contributed by atoms with van der Waals surface area (Å²) in [5.41, 5.74) is -0.0901. The maximum Gasteiger partial charge on any atom is 0.492 e. The van der Waals surface area contributed by atoms with Crippen LogP contribution >= 0.6 is 28.6 Å². The molecule has 0 N–H and O–H groups in total. The first-order valence-electron chi connectivity index (χ1n) is 4.21. The van der Waals surface area contributed by atoms with E-state index >= 15 is 0 Å². The van der Waals surface area contributed by atoms with Gasteiger partial charge in [0.15, 0.2) is 0 Å². The Balaban J connectivity index is 2.91. The van der Waals surface area contributed by atoms with Crippen molar-refractivity contribution in [3.8, 4) is 0 Å². The van der Waals surface area contributed by atoms with Crippen LogP contribution in [0.4, 0.5) is 5.95 Å². The zero-order chi connectivity index (χ0) is 11.6. The zero-order valence-electron chi connectivity index (χ0n) is 8.34. The summed E-state index contributed by atoms with van der Waals surface area (Å²) in [4.78, 5) is 13.5. The minimum atomic E-state index is -0.616. The minimum Gasteiger partial charge on any atom is -0.390 e. The van der Waals surface area contributed by atoms with E-state index in [4.69, 9.17) is 0 Å². The van der Waals surface area contributed by atoms with Gasteiger partial charge in [-0.25, -0.2) is 0 Å². The molecule has 0 aromatic carbocycles. The van der Waals surface area contributed by atoms with Gasteiger partial charge in [-0.2, -0.15) is 17.3 Å². The second-order valence-electron chi connectivity index (χ2n) is 3.92. The summed E-state index contributed by atoms with van der Waals surface area (Å²) < 4.78 is 1.83. The molecular weight excluding hydrogens is 284 g/mol. The van der Waals surface area contributed by atoms with Crippen LogP contribution < -0.4 is 0 Å². The summed E-state index contributed by atoms with van der Waals surface area (Å²) in [6.07, 6.45) is 0. The molecule has 0 aliphatic rings. The van der Waals surface area contributed by atoms with Crippen LogP contribution in [0.3, 0.4) is 0 Å². The number of thiol groups is 1. The van der Waals surface area contributed by atoms with Crippen LogP contribution in [-0.4, -0.2) is 25.4 Å². The van der Waals surface area contributed by atoms with Gasteiger partial charge in [0, 0.05) is 21.0 Å². The number of aromatic nitrogens is 3. The molecule has 15 heavy (non-hydrogen) atoms. The van der Waals surface area contributed by atoms with Crippen molar-refractivity contribution in [3.63, 3.8) is 0 Å². The van der Waals surface area contributed by atoms with E-state index in [0.29, 0.717) is 17.0 Å². The second-order valence-corrected chi connectivity index (χ2v) is 4.94. The Labute approximate surface area is 101 Å². The standard InChI is InChI=1S/C7H11BrN4O2S/c1-7(2,4-15)3-11-5(8)9-6(10-11)12(13)14/h15H,3-4H2,1-2H3. The van der Waals surface area contributed by atoms with Crippen LogP contribution in [0.25, 0.3) is 0 Å². The van der Waals surface area contributed by atoms with Crippen molar-refractivity contribution in [1.82, 2.24) is 14.8 Å². The summed E-state index contributed by atoms with van der Waals surface area (Å²) in [5.74, 6) is 0.268. The third kappa shape index (κ3) is 3.16. The maximum absolute atomic E-state index is 10.4. The molecule has 0 saturated carbocycles. The number of halogens is 1. The topological polar surface area (TPSA) is 73.8 Å². The van der Waals surface area contributed by atoms with Gasteiger partial charge < -0.3 is 10.1 Å². The lowest BCUT2D eigenvalue weighted by atomic mass is 9.97. The molecule has 0 amide bonds. The lowest BCUT2D eigenvalue weighted by molar-refractivity contribution is -0.394. The lowest BCUT2D eigenvalue weighted by Gasteiger charge is -2.19. The van der Waals surface area contributed by atoms with Crippen LogP contribution in [0, 0.1) is 15.5 Å². The molecule has 0 fully saturated rings. The van der Waals surface area contributed by atoms with Crippen molar-refractivity contribution >= 4 is 34.5 Å². The molecule has 84 valence electrons. The molecule has 8 heteroatoms. The SMILES string of the molecule is CC(C)(CS)Cn1nc([N+](=O)[O-])nc1Br. The van der Waals surface area contributed by atoms with Gasteiger partial charge in [-0.1, -0.05) is 13.8 Å². The van der Waals surface area contributed by atoms with Crippen molar-refractivity contribution in [1.29, 1.82) is 0 Å². The minimum absolute atomic E-state index is 0.0901. The van der Waals surface area contributed by atoms with E-state index in [9.17, 15) is 10.1 Å². The van der Waals surface area contributed by atoms with E-state index in [-0.39, 0.29) is 5.41 Å². The molecule has 0 spiro atoms. The van der Waals surface area contributed by atoms with Gasteiger partial charge in [0.1, 0.15) is 0 Å². The number of rotatable bonds is 4. The largest absolute Gasteiger partial charge is 0.492 e. The van der Waals surface area contributed by atoms with Crippen LogP contribution in [0.15, 0.2) is 4.73 Å². The van der Waals surface area contributed by atoms with Crippen molar-refractivity contribution in [2.75, 3.05) is 5.75 Å². The quantitative estimate of drug-likeness (QED) is 0.523. The zero-order valence-corrected chi connectivity index (χ0v) is 10.8. The average Bonchev–Trinajstić information content (AvgIpc) is 2.47. The molecule has 0 atom stereocenters. The van der Waals surface area contributed by atoms with Crippen molar-refractivity contribution in [3.05, 3.63) is 14.8 Å². The summed E-state index contributed by atoms with van der Waals surface area (Å²) in [7, 11) is 0. The van der Waals surface area contributed by atoms with E-state index in [1.54, 1.807) is 0 Å². The molecule has 6 nitrogen and oxygen atoms in total. The van der Waals surface area contributed by atoms with E-state index < -0.39 is 10.9 Å². The smallest absolute Gasteiger partial charge is 0.390 e. The molecule has 0 saturated heterocycles. The van der Waals surface area contributed by atoms with Gasteiger partial charge in [0.05, 0.1) is 6.54 Å². The third-order valence-electron chi connectivity index (χ3n) is 1.78. The average molecular weight is 295 g/mol. The van der Waals surface area contributed by atoms with Crippen molar-refractivity contribution in [2.45, 2.75) is 20.4 Å². The summed E-state index contributed by atoms with van der Waals surface area (Å²) >= 11 is 7.33. The van der Waals surface area contributed by atoms with E-state index in [2.05, 4.69) is 38.6 Å². The summed E-state index contributed by atoms with van der Waals surface area (Å²) in [6.45, 7) is 4.53. The number of nitrogens with zero attached hydrogens (tertiary/aromatic N) is 4. The number of nitro groups is 1. The molecule has 1 rings (SSSR count). The van der Waals surface area contributed by atoms with Gasteiger partial charge in [-0.05, 0) is 21.1 Å². The van der Waals surface area contributed by atoms with E-state index in [0.717, 1.165) is 0 Å². The number of hydrogen-bond acceptors (Lipinski definition) is 5. The second kappa shape index (κ2) is 4.48. The molecule has 0 aliphatic heterocycles. The highest BCUT2D eigenvalue weighted by Crippen LogP contribution is 2.22. The first kappa shape index (κ1) is 12.4. The van der Waals surface area contributed by atoms with Crippen LogP contribution in [0.1, 0.15) is 13.8 Å². The van der Waals surface area contributed by atoms with Gasteiger partial charge in [-0.3, -0.25) is 0 Å². The van der Waals surface area contributed by atoms with Gasteiger partial charge >= 0.3 is 5.95 Å². The van der Waals surface area contributed by atoms with Gasteiger partial charge in [-0.15, -0.1) is 0 Å². The predicted octanol–water partition coefficient (Wildman–Crippen LogP) is 1.90. The van der Waals surface area contributed by atoms with Crippen LogP contribution in [0.5, 0.6) is 0 Å². The van der Waals surface area contributed by atoms with E-state index in [1.165, 1.54) is 4.68 Å². The fourth-order valence-electron chi connectivity index (χ4n) is 0.945. The van der Waals surface area contributed by atoms with Crippen LogP contribution in [0.2, 0.25) is 0 Å². The highest BCUT2D eigenvalue weighted by Gasteiger charge is 2.25. The Hall–Kier alpha value is -0.630. The lowest BCUT2D eigenvalue weighted by Crippen LogP contribution is -2.22. The molecule has 0 unspecified atom stereocenters. The molecule has 0 bridgehead atoms. The number of hydrogen-bond donors (Lipinski definition) is 1. The highest BCUT2D eigenvalue weighted by molar-refractivity contribution is 9.10. The molecular formula is C7H11BrN4O2S. The Bertz CT molecular complexity index is 379. The third-order valence-corrected chi connectivity index (χ3v) is 3.23. The Morgan fingerprint density at radius 3 is 2.67 bits per heavy atom. The first-order valence-corrected chi connectivity index (χ1v) is 5.64. The normalized spacial score (nSPS) is 11.7. The monoisotopic (exact) mass is 294 g/mol. The Morgan fingerprint density at radius 2 is 2.27 bits per heavy atom. The molecule has 1 aromatic rings. The molecule has 1 aromatic heterocycles. The van der Waals surface area contributed by atoms with E-state index in [1.807, 2.05) is 13.8 Å².